The van der Waals surface area contributed by atoms with Crippen LogP contribution in [-0.2, 0) is 20.9 Å². The molecule has 4 rings (SSSR count). The van der Waals surface area contributed by atoms with Gasteiger partial charge in [-0.25, -0.2) is 0 Å². The summed E-state index contributed by atoms with van der Waals surface area (Å²) >= 11 is 0. The number of ether oxygens (including phenoxy) is 4. The molecule has 0 spiro atoms. The highest BCUT2D eigenvalue weighted by molar-refractivity contribution is 6.02. The number of methoxy groups -OCH3 is 2. The molecule has 0 unspecified atom stereocenters. The molecule has 2 aliphatic heterocycles. The number of fused-ring (bicyclic) bond motifs is 1. The van der Waals surface area contributed by atoms with Crippen LogP contribution in [0.2, 0.25) is 0 Å². The van der Waals surface area contributed by atoms with Crippen LogP contribution >= 0.6 is 0 Å². The second-order valence-corrected chi connectivity index (χ2v) is 8.19. The lowest BCUT2D eigenvalue weighted by atomic mass is 10.1. The summed E-state index contributed by atoms with van der Waals surface area (Å²) in [6.45, 7) is 4.61. The molecule has 0 radical (unpaired) electrons. The number of para-hydroxylation sites is 2. The third-order valence-corrected chi connectivity index (χ3v) is 6.07. The Bertz CT molecular complexity index is 1010. The molecule has 0 N–H and O–H groups in total. The van der Waals surface area contributed by atoms with Gasteiger partial charge in [0.25, 0.3) is 5.91 Å². The SMILES string of the molecule is COc1ccc(CN(CCN2CCOCC2)C(=O)CN2C(=O)COc3ccccc32)cc1OC. The smallest absolute Gasteiger partial charge is 0.265 e. The molecule has 1 fully saturated rings. The molecule has 182 valence electrons. The Hall–Kier alpha value is -3.30. The molecule has 9 nitrogen and oxygen atoms in total. The topological polar surface area (TPSA) is 80.8 Å². The number of carbonyl (C=O) groups excluding carboxylic acids is 2. The van der Waals surface area contributed by atoms with Gasteiger partial charge in [0.2, 0.25) is 5.91 Å². The first kappa shape index (κ1) is 23.8. The van der Waals surface area contributed by atoms with Gasteiger partial charge in [0, 0.05) is 32.7 Å². The van der Waals surface area contributed by atoms with Crippen molar-refractivity contribution in [3.8, 4) is 17.2 Å². The van der Waals surface area contributed by atoms with Gasteiger partial charge in [0.1, 0.15) is 12.3 Å². The zero-order valence-corrected chi connectivity index (χ0v) is 19.7. The quantitative estimate of drug-likeness (QED) is 0.554. The lowest BCUT2D eigenvalue weighted by molar-refractivity contribution is -0.132. The third kappa shape index (κ3) is 5.60. The van der Waals surface area contributed by atoms with Crippen LogP contribution in [0.15, 0.2) is 42.5 Å². The van der Waals surface area contributed by atoms with Crippen LogP contribution in [0, 0.1) is 0 Å². The predicted octanol–water partition coefficient (Wildman–Crippen LogP) is 1.79. The van der Waals surface area contributed by atoms with E-state index in [2.05, 4.69) is 4.90 Å². The Morgan fingerprint density at radius 2 is 1.82 bits per heavy atom. The molecule has 34 heavy (non-hydrogen) atoms. The molecule has 0 aromatic heterocycles. The minimum absolute atomic E-state index is 0.0460. The minimum Gasteiger partial charge on any atom is -0.493 e. The van der Waals surface area contributed by atoms with Crippen molar-refractivity contribution >= 4 is 17.5 Å². The van der Waals surface area contributed by atoms with E-state index in [1.807, 2.05) is 30.3 Å². The van der Waals surface area contributed by atoms with Crippen molar-refractivity contribution in [1.82, 2.24) is 9.80 Å². The zero-order chi connectivity index (χ0) is 23.9. The molecule has 0 bridgehead atoms. The zero-order valence-electron chi connectivity index (χ0n) is 19.7. The van der Waals surface area contributed by atoms with Gasteiger partial charge in [0.15, 0.2) is 18.1 Å². The number of amides is 2. The Kier molecular flexibility index (Phi) is 7.87. The summed E-state index contributed by atoms with van der Waals surface area (Å²) < 4.78 is 21.7. The van der Waals surface area contributed by atoms with E-state index in [0.29, 0.717) is 49.2 Å². The van der Waals surface area contributed by atoms with Crippen LogP contribution in [-0.4, -0.2) is 88.4 Å². The second-order valence-electron chi connectivity index (χ2n) is 8.19. The molecule has 0 atom stereocenters. The molecule has 2 aromatic carbocycles. The minimum atomic E-state index is -0.230. The summed E-state index contributed by atoms with van der Waals surface area (Å²) in [7, 11) is 3.18. The van der Waals surface area contributed by atoms with E-state index in [9.17, 15) is 9.59 Å². The maximum atomic E-state index is 13.5. The fourth-order valence-electron chi connectivity index (χ4n) is 4.14. The lowest BCUT2D eigenvalue weighted by Crippen LogP contribution is -2.48. The van der Waals surface area contributed by atoms with E-state index < -0.39 is 0 Å². The van der Waals surface area contributed by atoms with E-state index in [1.54, 1.807) is 31.3 Å². The van der Waals surface area contributed by atoms with Gasteiger partial charge in [-0.2, -0.15) is 0 Å². The van der Waals surface area contributed by atoms with E-state index >= 15 is 0 Å². The number of hydrogen-bond acceptors (Lipinski definition) is 7. The van der Waals surface area contributed by atoms with Gasteiger partial charge in [-0.05, 0) is 29.8 Å². The van der Waals surface area contributed by atoms with E-state index in [1.165, 1.54) is 4.90 Å². The fraction of sp³-hybridized carbons (Fsp3) is 0.440. The van der Waals surface area contributed by atoms with E-state index in [-0.39, 0.29) is 25.0 Å². The Labute approximate surface area is 199 Å². The summed E-state index contributed by atoms with van der Waals surface area (Å²) in [5.41, 5.74) is 1.54. The second kappa shape index (κ2) is 11.2. The van der Waals surface area contributed by atoms with Crippen LogP contribution in [0.4, 0.5) is 5.69 Å². The van der Waals surface area contributed by atoms with Crippen molar-refractivity contribution in [1.29, 1.82) is 0 Å². The van der Waals surface area contributed by atoms with Crippen molar-refractivity contribution < 1.29 is 28.5 Å². The summed E-state index contributed by atoms with van der Waals surface area (Å²) in [5, 5.41) is 0. The van der Waals surface area contributed by atoms with Crippen LogP contribution < -0.4 is 19.1 Å². The van der Waals surface area contributed by atoms with Crippen LogP contribution in [0.3, 0.4) is 0 Å². The summed E-state index contributed by atoms with van der Waals surface area (Å²) in [4.78, 5) is 31.7. The number of anilines is 1. The van der Waals surface area contributed by atoms with E-state index in [4.69, 9.17) is 18.9 Å². The summed E-state index contributed by atoms with van der Waals surface area (Å²) in [5.74, 6) is 1.49. The predicted molar refractivity (Wildman–Crippen MR) is 127 cm³/mol. The Morgan fingerprint density at radius 3 is 2.59 bits per heavy atom. The van der Waals surface area contributed by atoms with Gasteiger partial charge in [-0.15, -0.1) is 0 Å². The van der Waals surface area contributed by atoms with E-state index in [0.717, 1.165) is 25.2 Å². The molecule has 0 saturated carbocycles. The summed E-state index contributed by atoms with van der Waals surface area (Å²) in [6, 6.07) is 12.9. The molecule has 2 heterocycles. The molecule has 0 aliphatic carbocycles. The molecule has 1 saturated heterocycles. The molecule has 9 heteroatoms. The number of morpholine rings is 1. The van der Waals surface area contributed by atoms with Gasteiger partial charge >= 0.3 is 0 Å². The van der Waals surface area contributed by atoms with Crippen molar-refractivity contribution in [2.75, 3.05) is 71.7 Å². The van der Waals surface area contributed by atoms with Crippen LogP contribution in [0.25, 0.3) is 0 Å². The van der Waals surface area contributed by atoms with Crippen molar-refractivity contribution in [2.45, 2.75) is 6.54 Å². The Balaban J connectivity index is 1.52. The number of nitrogens with zero attached hydrogens (tertiary/aromatic N) is 3. The standard InChI is InChI=1S/C25H31N3O6/c1-31-22-8-7-19(15-23(22)32-2)16-27(10-9-26-11-13-33-14-12-26)24(29)17-28-20-5-3-4-6-21(20)34-18-25(28)30/h3-8,15H,9-14,16-18H2,1-2H3. The number of hydrogen-bond donors (Lipinski definition) is 0. The highest BCUT2D eigenvalue weighted by Crippen LogP contribution is 2.32. The molecular formula is C25H31N3O6. The van der Waals surface area contributed by atoms with Crippen LogP contribution in [0.5, 0.6) is 17.2 Å². The largest absolute Gasteiger partial charge is 0.493 e. The first-order chi connectivity index (χ1) is 16.6. The molecular weight excluding hydrogens is 438 g/mol. The first-order valence-corrected chi connectivity index (χ1v) is 11.4. The number of carbonyl (C=O) groups is 2. The highest BCUT2D eigenvalue weighted by atomic mass is 16.5. The lowest BCUT2D eigenvalue weighted by Gasteiger charge is -2.33. The maximum Gasteiger partial charge on any atom is 0.265 e. The first-order valence-electron chi connectivity index (χ1n) is 11.4. The third-order valence-electron chi connectivity index (χ3n) is 6.07. The molecule has 2 aliphatic rings. The number of rotatable bonds is 9. The van der Waals surface area contributed by atoms with Gasteiger partial charge in [-0.1, -0.05) is 18.2 Å². The van der Waals surface area contributed by atoms with Crippen molar-refractivity contribution in [3.05, 3.63) is 48.0 Å². The molecule has 2 aromatic rings. The van der Waals surface area contributed by atoms with Gasteiger partial charge < -0.3 is 23.8 Å². The van der Waals surface area contributed by atoms with Crippen LogP contribution in [0.1, 0.15) is 5.56 Å². The normalized spacial score (nSPS) is 15.9. The van der Waals surface area contributed by atoms with Crippen molar-refractivity contribution in [2.24, 2.45) is 0 Å². The average Bonchev–Trinajstić information content (AvgIpc) is 2.88. The fourth-order valence-corrected chi connectivity index (χ4v) is 4.14. The summed E-state index contributed by atoms with van der Waals surface area (Å²) in [6.07, 6.45) is 0. The maximum absolute atomic E-state index is 13.5. The monoisotopic (exact) mass is 469 g/mol. The number of benzene rings is 2. The van der Waals surface area contributed by atoms with Crippen molar-refractivity contribution in [3.63, 3.8) is 0 Å². The molecule has 2 amide bonds. The van der Waals surface area contributed by atoms with Gasteiger partial charge in [0.05, 0.1) is 33.1 Å². The highest BCUT2D eigenvalue weighted by Gasteiger charge is 2.29. The Morgan fingerprint density at radius 1 is 1.06 bits per heavy atom. The average molecular weight is 470 g/mol. The van der Waals surface area contributed by atoms with Gasteiger partial charge in [-0.3, -0.25) is 19.4 Å².